The van der Waals surface area contributed by atoms with E-state index in [1.165, 1.54) is 0 Å². The molecule has 1 aliphatic heterocycles. The first-order valence-electron chi connectivity index (χ1n) is 4.32. The van der Waals surface area contributed by atoms with Crippen LogP contribution in [0, 0.1) is 5.92 Å². The summed E-state index contributed by atoms with van der Waals surface area (Å²) < 4.78 is 1.67. The molecule has 1 amide bonds. The van der Waals surface area contributed by atoms with Gasteiger partial charge in [0.05, 0.1) is 6.61 Å². The molecule has 13 heavy (non-hydrogen) atoms. The molecule has 6 heteroatoms. The van der Waals surface area contributed by atoms with Gasteiger partial charge in [-0.15, -0.1) is 0 Å². The van der Waals surface area contributed by atoms with Crippen molar-refractivity contribution in [3.05, 3.63) is 0 Å². The predicted octanol–water partition coefficient (Wildman–Crippen LogP) is -0.244. The van der Waals surface area contributed by atoms with E-state index in [1.807, 2.05) is 0 Å². The Hall–Kier alpha value is 0.250. The maximum absolute atomic E-state index is 11.5. The van der Waals surface area contributed by atoms with E-state index in [0.717, 1.165) is 13.0 Å². The lowest BCUT2D eigenvalue weighted by Gasteiger charge is -2.16. The van der Waals surface area contributed by atoms with Gasteiger partial charge in [0.2, 0.25) is 5.91 Å². The first kappa shape index (κ1) is 11.3. The smallest absolute Gasteiger partial charge is 0.228 e. The molecule has 1 aliphatic rings. The normalized spacial score (nSPS) is 25.3. The van der Waals surface area contributed by atoms with E-state index in [9.17, 15) is 4.79 Å². The minimum absolute atomic E-state index is 0.00968. The van der Waals surface area contributed by atoms with Crippen LogP contribution >= 0.6 is 18.8 Å². The minimum Gasteiger partial charge on any atom is -0.395 e. The molecule has 4 atom stereocenters. The van der Waals surface area contributed by atoms with Gasteiger partial charge < -0.3 is 9.78 Å². The van der Waals surface area contributed by atoms with Crippen molar-refractivity contribution in [3.63, 3.8) is 0 Å². The van der Waals surface area contributed by atoms with Gasteiger partial charge in [-0.25, -0.2) is 0 Å². The van der Waals surface area contributed by atoms with E-state index in [4.69, 9.17) is 5.11 Å². The molecule has 0 saturated carbocycles. The number of carbonyl (C=O) groups excluding carboxylic acids is 1. The molecule has 0 aromatic rings. The molecule has 4 unspecified atom stereocenters. The monoisotopic (exact) mass is 222 g/mol. The number of rotatable bonds is 4. The summed E-state index contributed by atoms with van der Waals surface area (Å²) in [6.45, 7) is 0.882. The van der Waals surface area contributed by atoms with Crippen LogP contribution in [-0.4, -0.2) is 34.9 Å². The second-order valence-corrected chi connectivity index (χ2v) is 4.26. The molecule has 0 aliphatic carbocycles. The van der Waals surface area contributed by atoms with Gasteiger partial charge in [0.15, 0.2) is 0 Å². The Bertz CT molecular complexity index is 187. The van der Waals surface area contributed by atoms with Crippen LogP contribution in [0.1, 0.15) is 12.8 Å². The maximum atomic E-state index is 11.5. The molecule has 76 valence electrons. The molecule has 1 rings (SSSR count). The van der Waals surface area contributed by atoms with Crippen LogP contribution in [0.15, 0.2) is 0 Å². The molecule has 1 heterocycles. The summed E-state index contributed by atoms with van der Waals surface area (Å²) in [4.78, 5) is 11.5. The van der Waals surface area contributed by atoms with Crippen LogP contribution in [0.4, 0.5) is 0 Å². The average molecular weight is 222 g/mol. The van der Waals surface area contributed by atoms with Crippen molar-refractivity contribution in [2.24, 2.45) is 5.92 Å². The van der Waals surface area contributed by atoms with Crippen molar-refractivity contribution >= 4 is 24.7 Å². The molecule has 4 nitrogen and oxygen atoms in total. The third-order valence-corrected chi connectivity index (χ3v) is 3.36. The number of carbonyl (C=O) groups is 1. The van der Waals surface area contributed by atoms with Gasteiger partial charge in [-0.05, 0) is 22.2 Å². The summed E-state index contributed by atoms with van der Waals surface area (Å²) in [5, 5.41) is 11.8. The van der Waals surface area contributed by atoms with Gasteiger partial charge in [-0.2, -0.15) is 0 Å². The van der Waals surface area contributed by atoms with Crippen molar-refractivity contribution in [2.75, 3.05) is 13.2 Å². The van der Waals surface area contributed by atoms with Crippen LogP contribution in [0.25, 0.3) is 0 Å². The molecular formula is C7H16N2O2P2. The summed E-state index contributed by atoms with van der Waals surface area (Å²) in [5.41, 5.74) is 0. The van der Waals surface area contributed by atoms with Crippen molar-refractivity contribution < 1.29 is 9.90 Å². The Morgan fingerprint density at radius 3 is 2.85 bits per heavy atom. The zero-order valence-corrected chi connectivity index (χ0v) is 9.75. The molecule has 1 saturated heterocycles. The molecule has 0 spiro atoms. The third kappa shape index (κ3) is 2.85. The highest BCUT2D eigenvalue weighted by atomic mass is 31.0. The topological polar surface area (TPSA) is 52.6 Å². The zero-order chi connectivity index (χ0) is 9.84. The van der Waals surface area contributed by atoms with Gasteiger partial charge in [0, 0.05) is 18.5 Å². The number of aliphatic hydroxyl groups excluding tert-OH is 1. The van der Waals surface area contributed by atoms with Crippen molar-refractivity contribution in [2.45, 2.75) is 18.9 Å². The first-order valence-corrected chi connectivity index (χ1v) is 5.41. The fourth-order valence-electron chi connectivity index (χ4n) is 1.52. The van der Waals surface area contributed by atoms with E-state index >= 15 is 0 Å². The minimum atomic E-state index is 0.00968. The predicted molar refractivity (Wildman–Crippen MR) is 57.9 cm³/mol. The summed E-state index contributed by atoms with van der Waals surface area (Å²) in [6.07, 6.45) is 1.61. The lowest BCUT2D eigenvalue weighted by atomic mass is 9.99. The Labute approximate surface area is 83.0 Å². The van der Waals surface area contributed by atoms with Crippen LogP contribution in [0.3, 0.4) is 0 Å². The number of amides is 1. The second-order valence-electron chi connectivity index (χ2n) is 3.30. The zero-order valence-electron chi connectivity index (χ0n) is 7.44. The van der Waals surface area contributed by atoms with E-state index < -0.39 is 0 Å². The second kappa shape index (κ2) is 5.21. The number of hydrogen-bond acceptors (Lipinski definition) is 3. The first-order chi connectivity index (χ1) is 6.19. The molecule has 0 aromatic carbocycles. The van der Waals surface area contributed by atoms with Crippen LogP contribution in [-0.2, 0) is 4.79 Å². The van der Waals surface area contributed by atoms with E-state index in [1.54, 1.807) is 4.67 Å². The Morgan fingerprint density at radius 1 is 1.77 bits per heavy atom. The Morgan fingerprint density at radius 2 is 2.46 bits per heavy atom. The Kier molecular flexibility index (Phi) is 4.54. The molecule has 0 radical (unpaired) electrons. The molecule has 1 fully saturated rings. The summed E-state index contributed by atoms with van der Waals surface area (Å²) >= 11 is 0. The van der Waals surface area contributed by atoms with Crippen LogP contribution in [0.2, 0.25) is 0 Å². The largest absolute Gasteiger partial charge is 0.395 e. The highest BCUT2D eigenvalue weighted by Crippen LogP contribution is 2.25. The lowest BCUT2D eigenvalue weighted by Crippen LogP contribution is -2.30. The van der Waals surface area contributed by atoms with Gasteiger partial charge >= 0.3 is 0 Å². The van der Waals surface area contributed by atoms with E-state index in [-0.39, 0.29) is 24.5 Å². The van der Waals surface area contributed by atoms with Crippen LogP contribution < -0.4 is 5.09 Å². The standard InChI is InChI=1S/C7H16N2O2P2/c10-4-6(8-12)3-5-1-2-9(13)7(5)11/h5-6,8,10H,1-4,12-13H2. The fourth-order valence-corrected chi connectivity index (χ4v) is 2.12. The highest BCUT2D eigenvalue weighted by Gasteiger charge is 2.30. The van der Waals surface area contributed by atoms with Crippen molar-refractivity contribution in [1.82, 2.24) is 9.76 Å². The van der Waals surface area contributed by atoms with Gasteiger partial charge in [-0.1, -0.05) is 9.39 Å². The lowest BCUT2D eigenvalue weighted by molar-refractivity contribution is -0.127. The van der Waals surface area contributed by atoms with Crippen molar-refractivity contribution in [1.29, 1.82) is 0 Å². The molecule has 0 bridgehead atoms. The molecular weight excluding hydrogens is 206 g/mol. The van der Waals surface area contributed by atoms with E-state index in [0.29, 0.717) is 6.42 Å². The number of nitrogens with zero attached hydrogens (tertiary/aromatic N) is 1. The number of hydrogen-bond donors (Lipinski definition) is 2. The molecule has 2 N–H and O–H groups in total. The highest BCUT2D eigenvalue weighted by molar-refractivity contribution is 7.14. The maximum Gasteiger partial charge on any atom is 0.228 e. The van der Waals surface area contributed by atoms with Gasteiger partial charge in [0.25, 0.3) is 0 Å². The fraction of sp³-hybridized carbons (Fsp3) is 0.857. The number of aliphatic hydroxyl groups is 1. The van der Waals surface area contributed by atoms with Gasteiger partial charge in [-0.3, -0.25) is 9.88 Å². The van der Waals surface area contributed by atoms with Gasteiger partial charge in [0.1, 0.15) is 0 Å². The third-order valence-electron chi connectivity index (χ3n) is 2.38. The summed E-state index contributed by atoms with van der Waals surface area (Å²) in [6, 6.07) is 0.00968. The molecule has 0 aromatic heterocycles. The number of nitrogens with one attached hydrogen (secondary N) is 1. The SMILES string of the molecule is O=C1C(CC(CO)NP)CCN1P. The van der Waals surface area contributed by atoms with Crippen molar-refractivity contribution in [3.8, 4) is 0 Å². The quantitative estimate of drug-likeness (QED) is 0.645. The summed E-state index contributed by atoms with van der Waals surface area (Å²) in [5.74, 6) is 0.242. The van der Waals surface area contributed by atoms with Crippen LogP contribution in [0.5, 0.6) is 0 Å². The summed E-state index contributed by atoms with van der Waals surface area (Å²) in [7, 11) is 4.79. The van der Waals surface area contributed by atoms with E-state index in [2.05, 4.69) is 23.9 Å². The Balaban J connectivity index is 2.41. The average Bonchev–Trinajstić information content (AvgIpc) is 2.45.